The molecule has 1 saturated heterocycles. The summed E-state index contributed by atoms with van der Waals surface area (Å²) in [6, 6.07) is 7.30. The van der Waals surface area contributed by atoms with Crippen molar-refractivity contribution in [2.45, 2.75) is 26.7 Å². The first-order valence-electron chi connectivity index (χ1n) is 7.01. The molecule has 1 fully saturated rings. The molecule has 0 aromatic heterocycles. The molecular weight excluding hydrogens is 254 g/mol. The molecule has 108 valence electrons. The molecule has 0 radical (unpaired) electrons. The Morgan fingerprint density at radius 2 is 2.25 bits per heavy atom. The summed E-state index contributed by atoms with van der Waals surface area (Å²) in [4.78, 5) is 25.1. The lowest BCUT2D eigenvalue weighted by molar-refractivity contribution is -0.116. The number of nitrogens with one attached hydrogen (secondary N) is 2. The predicted octanol–water partition coefficient (Wildman–Crippen LogP) is 2.59. The van der Waals surface area contributed by atoms with Gasteiger partial charge in [0.1, 0.15) is 0 Å². The van der Waals surface area contributed by atoms with Crippen molar-refractivity contribution >= 4 is 23.3 Å². The third-order valence-corrected chi connectivity index (χ3v) is 3.25. The summed E-state index contributed by atoms with van der Waals surface area (Å²) in [5.74, 6) is 0.530. The number of amides is 3. The summed E-state index contributed by atoms with van der Waals surface area (Å²) in [7, 11) is 0. The lowest BCUT2D eigenvalue weighted by atomic mass is 10.1. The van der Waals surface area contributed by atoms with Crippen LogP contribution in [0.5, 0.6) is 0 Å². The third-order valence-electron chi connectivity index (χ3n) is 3.25. The van der Waals surface area contributed by atoms with Gasteiger partial charge in [0.05, 0.1) is 0 Å². The van der Waals surface area contributed by atoms with Gasteiger partial charge in [-0.2, -0.15) is 0 Å². The molecule has 1 aromatic rings. The Morgan fingerprint density at radius 3 is 2.90 bits per heavy atom. The molecule has 0 saturated carbocycles. The van der Waals surface area contributed by atoms with Crippen molar-refractivity contribution in [1.29, 1.82) is 0 Å². The van der Waals surface area contributed by atoms with Crippen LogP contribution in [0.2, 0.25) is 0 Å². The number of hydrogen-bond acceptors (Lipinski definition) is 2. The average Bonchev–Trinajstić information content (AvgIpc) is 2.83. The smallest absolute Gasteiger partial charge is 0.321 e. The predicted molar refractivity (Wildman–Crippen MR) is 79.9 cm³/mol. The van der Waals surface area contributed by atoms with Crippen LogP contribution in [0.3, 0.4) is 0 Å². The highest BCUT2D eigenvalue weighted by Crippen LogP contribution is 2.21. The minimum Gasteiger partial charge on any atom is -0.336 e. The number of carbonyl (C=O) groups excluding carboxylic acids is 2. The van der Waals surface area contributed by atoms with Crippen LogP contribution >= 0.6 is 0 Å². The standard InChI is InChI=1S/C15H21N3O2/c1-11(2)6-7-14(19)17-12-4-3-5-13(10-12)18-9-8-16-15(18)20/h3-5,10-11H,6-9H2,1-2H3,(H,16,20)(H,17,19). The number of anilines is 2. The van der Waals surface area contributed by atoms with E-state index in [4.69, 9.17) is 0 Å². The van der Waals surface area contributed by atoms with Crippen molar-refractivity contribution in [1.82, 2.24) is 5.32 Å². The van der Waals surface area contributed by atoms with Crippen molar-refractivity contribution in [2.75, 3.05) is 23.3 Å². The lowest BCUT2D eigenvalue weighted by Gasteiger charge is -2.15. The zero-order valence-corrected chi connectivity index (χ0v) is 12.0. The van der Waals surface area contributed by atoms with Gasteiger partial charge in [0.25, 0.3) is 0 Å². The van der Waals surface area contributed by atoms with Crippen LogP contribution in [-0.4, -0.2) is 25.0 Å². The van der Waals surface area contributed by atoms with E-state index < -0.39 is 0 Å². The molecule has 0 bridgehead atoms. The molecular formula is C15H21N3O2. The fourth-order valence-corrected chi connectivity index (χ4v) is 2.11. The highest BCUT2D eigenvalue weighted by atomic mass is 16.2. The van der Waals surface area contributed by atoms with E-state index in [9.17, 15) is 9.59 Å². The van der Waals surface area contributed by atoms with Crippen molar-refractivity contribution in [3.63, 3.8) is 0 Å². The highest BCUT2D eigenvalue weighted by Gasteiger charge is 2.21. The molecule has 0 aliphatic carbocycles. The number of hydrogen-bond donors (Lipinski definition) is 2. The van der Waals surface area contributed by atoms with E-state index in [-0.39, 0.29) is 11.9 Å². The number of benzene rings is 1. The lowest BCUT2D eigenvalue weighted by Crippen LogP contribution is -2.27. The van der Waals surface area contributed by atoms with Crippen molar-refractivity contribution in [3.8, 4) is 0 Å². The summed E-state index contributed by atoms with van der Waals surface area (Å²) in [6.07, 6.45) is 1.39. The highest BCUT2D eigenvalue weighted by molar-refractivity contribution is 5.96. The molecule has 2 rings (SSSR count). The minimum absolute atomic E-state index is 0.0155. The summed E-state index contributed by atoms with van der Waals surface area (Å²) in [5.41, 5.74) is 1.54. The van der Waals surface area contributed by atoms with Crippen molar-refractivity contribution in [3.05, 3.63) is 24.3 Å². The Labute approximate surface area is 119 Å². The van der Waals surface area contributed by atoms with E-state index in [2.05, 4.69) is 24.5 Å². The van der Waals surface area contributed by atoms with Gasteiger partial charge in [0, 0.05) is 30.9 Å². The van der Waals surface area contributed by atoms with Gasteiger partial charge in [-0.3, -0.25) is 9.69 Å². The Bertz CT molecular complexity index is 500. The van der Waals surface area contributed by atoms with Gasteiger partial charge in [-0.1, -0.05) is 19.9 Å². The van der Waals surface area contributed by atoms with Gasteiger partial charge in [0.15, 0.2) is 0 Å². The average molecular weight is 275 g/mol. The second kappa shape index (κ2) is 6.41. The van der Waals surface area contributed by atoms with Crippen LogP contribution in [0, 0.1) is 5.92 Å². The SMILES string of the molecule is CC(C)CCC(=O)Nc1cccc(N2CCNC2=O)c1. The number of nitrogens with zero attached hydrogens (tertiary/aromatic N) is 1. The second-order valence-corrected chi connectivity index (χ2v) is 5.41. The fourth-order valence-electron chi connectivity index (χ4n) is 2.11. The van der Waals surface area contributed by atoms with Crippen LogP contribution in [0.4, 0.5) is 16.2 Å². The van der Waals surface area contributed by atoms with E-state index >= 15 is 0 Å². The molecule has 5 nitrogen and oxygen atoms in total. The monoisotopic (exact) mass is 275 g/mol. The van der Waals surface area contributed by atoms with Gasteiger partial charge < -0.3 is 10.6 Å². The summed E-state index contributed by atoms with van der Waals surface area (Å²) in [6.45, 7) is 5.51. The topological polar surface area (TPSA) is 61.4 Å². The Kier molecular flexibility index (Phi) is 4.61. The van der Waals surface area contributed by atoms with Crippen LogP contribution in [0.25, 0.3) is 0 Å². The van der Waals surface area contributed by atoms with E-state index in [1.54, 1.807) is 4.90 Å². The van der Waals surface area contributed by atoms with Crippen molar-refractivity contribution < 1.29 is 9.59 Å². The fraction of sp³-hybridized carbons (Fsp3) is 0.467. The molecule has 3 amide bonds. The first-order valence-corrected chi connectivity index (χ1v) is 7.01. The van der Waals surface area contributed by atoms with E-state index in [0.717, 1.165) is 17.8 Å². The molecule has 1 heterocycles. The molecule has 20 heavy (non-hydrogen) atoms. The Morgan fingerprint density at radius 1 is 1.45 bits per heavy atom. The minimum atomic E-state index is -0.0896. The first-order chi connectivity index (χ1) is 9.56. The Balaban J connectivity index is 1.99. The summed E-state index contributed by atoms with van der Waals surface area (Å²) < 4.78 is 0. The molecule has 2 N–H and O–H groups in total. The molecule has 5 heteroatoms. The van der Waals surface area contributed by atoms with Crippen LogP contribution in [0.15, 0.2) is 24.3 Å². The number of rotatable bonds is 5. The van der Waals surface area contributed by atoms with E-state index in [1.165, 1.54) is 0 Å². The van der Waals surface area contributed by atoms with E-state index in [1.807, 2.05) is 24.3 Å². The van der Waals surface area contributed by atoms with E-state index in [0.29, 0.717) is 25.4 Å². The summed E-state index contributed by atoms with van der Waals surface area (Å²) >= 11 is 0. The van der Waals surface area contributed by atoms with Gasteiger partial charge in [0.2, 0.25) is 5.91 Å². The molecule has 1 aliphatic heterocycles. The molecule has 0 unspecified atom stereocenters. The molecule has 0 spiro atoms. The summed E-state index contributed by atoms with van der Waals surface area (Å²) in [5, 5.41) is 5.64. The van der Waals surface area contributed by atoms with Crippen LogP contribution in [0.1, 0.15) is 26.7 Å². The largest absolute Gasteiger partial charge is 0.336 e. The molecule has 1 aromatic carbocycles. The van der Waals surface area contributed by atoms with Gasteiger partial charge in [-0.25, -0.2) is 4.79 Å². The van der Waals surface area contributed by atoms with Gasteiger partial charge in [-0.15, -0.1) is 0 Å². The maximum atomic E-state index is 11.8. The Hall–Kier alpha value is -2.04. The number of urea groups is 1. The quantitative estimate of drug-likeness (QED) is 0.867. The third kappa shape index (κ3) is 3.73. The zero-order chi connectivity index (χ0) is 14.5. The van der Waals surface area contributed by atoms with Crippen LogP contribution in [-0.2, 0) is 4.79 Å². The second-order valence-electron chi connectivity index (χ2n) is 5.41. The first kappa shape index (κ1) is 14.4. The molecule has 0 atom stereocenters. The van der Waals surface area contributed by atoms with Gasteiger partial charge >= 0.3 is 6.03 Å². The van der Waals surface area contributed by atoms with Crippen LogP contribution < -0.4 is 15.5 Å². The molecule has 1 aliphatic rings. The number of carbonyl (C=O) groups is 2. The maximum absolute atomic E-state index is 11.8. The maximum Gasteiger partial charge on any atom is 0.321 e. The normalized spacial score (nSPS) is 14.6. The van der Waals surface area contributed by atoms with Gasteiger partial charge in [-0.05, 0) is 30.5 Å². The zero-order valence-electron chi connectivity index (χ0n) is 12.0. The van der Waals surface area contributed by atoms with Crippen molar-refractivity contribution in [2.24, 2.45) is 5.92 Å².